The largest absolute Gasteiger partial charge is 0.390 e. The molecule has 8 atom stereocenters. The molecule has 0 aromatic carbocycles. The normalized spacial score (nSPS) is 47.3. The number of methoxy groups -OCH3 is 1. The summed E-state index contributed by atoms with van der Waals surface area (Å²) < 4.78 is 12.1. The van der Waals surface area contributed by atoms with Gasteiger partial charge in [0.05, 0.1) is 12.2 Å². The summed E-state index contributed by atoms with van der Waals surface area (Å²) in [4.78, 5) is 0. The van der Waals surface area contributed by atoms with E-state index >= 15 is 0 Å². The Bertz CT molecular complexity index is 728. The number of allylic oxidation sites excluding steroid dienone is 5. The van der Waals surface area contributed by atoms with Crippen molar-refractivity contribution in [1.82, 2.24) is 0 Å². The molecule has 3 fully saturated rings. The van der Waals surface area contributed by atoms with Crippen LogP contribution in [0, 0.1) is 35.0 Å². The fourth-order valence-electron chi connectivity index (χ4n) is 7.25. The summed E-state index contributed by atoms with van der Waals surface area (Å²) in [5.41, 5.74) is 2.25. The second-order valence-electron chi connectivity index (χ2n) is 11.1. The van der Waals surface area contributed by atoms with Crippen molar-refractivity contribution in [1.29, 1.82) is 0 Å². The van der Waals surface area contributed by atoms with Crippen LogP contribution in [0.3, 0.4) is 0 Å². The summed E-state index contributed by atoms with van der Waals surface area (Å²) in [6, 6.07) is 0. The van der Waals surface area contributed by atoms with Crippen molar-refractivity contribution >= 4 is 0 Å². The van der Waals surface area contributed by atoms with Crippen LogP contribution in [0.15, 0.2) is 35.5 Å². The first kappa shape index (κ1) is 21.3. The maximum absolute atomic E-state index is 11.4. The van der Waals surface area contributed by atoms with E-state index in [0.717, 1.165) is 12.8 Å². The highest BCUT2D eigenvalue weighted by Gasteiger charge is 2.66. The highest BCUT2D eigenvalue weighted by Crippen LogP contribution is 2.64. The van der Waals surface area contributed by atoms with E-state index in [0.29, 0.717) is 30.8 Å². The maximum atomic E-state index is 11.4. The lowest BCUT2D eigenvalue weighted by Gasteiger charge is -2.43. The standard InChI is InChI=1S/C26H40O3/c1-17(2)8-7-9-18(3)20-12-13-24(4)14-22-23-19(10-11-21(20)24)15-29-26(23,28-6)16-25(22,5)27/h7-10,18,20-23,27H,11-16H2,1-6H3/t18-,20+,21-,22-,23-,24+,25+,26+/m0/s1. The van der Waals surface area contributed by atoms with Crippen LogP contribution in [-0.4, -0.2) is 30.2 Å². The van der Waals surface area contributed by atoms with Crippen LogP contribution in [0.5, 0.6) is 0 Å². The fourth-order valence-corrected chi connectivity index (χ4v) is 7.25. The first-order chi connectivity index (χ1) is 13.6. The van der Waals surface area contributed by atoms with Crippen LogP contribution in [-0.2, 0) is 9.47 Å². The number of hydrogen-bond donors (Lipinski definition) is 1. The number of fused-ring (bicyclic) bond motifs is 1. The van der Waals surface area contributed by atoms with Gasteiger partial charge >= 0.3 is 0 Å². The van der Waals surface area contributed by atoms with Crippen LogP contribution in [0.4, 0.5) is 0 Å². The molecule has 2 saturated carbocycles. The van der Waals surface area contributed by atoms with Gasteiger partial charge in [0, 0.05) is 19.4 Å². The Morgan fingerprint density at radius 1 is 1.31 bits per heavy atom. The highest BCUT2D eigenvalue weighted by atomic mass is 16.7. The van der Waals surface area contributed by atoms with Crippen LogP contribution < -0.4 is 0 Å². The van der Waals surface area contributed by atoms with Gasteiger partial charge in [-0.2, -0.15) is 0 Å². The Hall–Kier alpha value is -0.900. The average molecular weight is 401 g/mol. The van der Waals surface area contributed by atoms with Gasteiger partial charge < -0.3 is 14.6 Å². The van der Waals surface area contributed by atoms with E-state index in [1.54, 1.807) is 7.11 Å². The molecule has 3 heteroatoms. The average Bonchev–Trinajstić information content (AvgIpc) is 3.20. The molecule has 0 amide bonds. The molecule has 0 bridgehead atoms. The SMILES string of the molecule is CO[C@]12C[C@@](C)(O)[C@H]3C[C@@]4(C)CC[C@H]([C@@H](C)C=CC=C(C)C)[C@@H]4CC=C(CO1)[C@@H]32. The van der Waals surface area contributed by atoms with Crippen molar-refractivity contribution in [2.45, 2.75) is 78.1 Å². The Labute approximate surface area is 177 Å². The molecule has 4 rings (SSSR count). The lowest BCUT2D eigenvalue weighted by atomic mass is 9.63. The summed E-state index contributed by atoms with van der Waals surface area (Å²) in [7, 11) is 1.75. The minimum Gasteiger partial charge on any atom is -0.390 e. The van der Waals surface area contributed by atoms with Crippen molar-refractivity contribution in [3.8, 4) is 0 Å². The summed E-state index contributed by atoms with van der Waals surface area (Å²) in [5, 5.41) is 11.4. The number of rotatable bonds is 4. The smallest absolute Gasteiger partial charge is 0.178 e. The van der Waals surface area contributed by atoms with Crippen molar-refractivity contribution in [2.24, 2.45) is 35.0 Å². The molecule has 162 valence electrons. The molecule has 0 unspecified atom stereocenters. The van der Waals surface area contributed by atoms with Gasteiger partial charge in [-0.1, -0.05) is 43.7 Å². The molecule has 1 heterocycles. The zero-order chi connectivity index (χ0) is 21.0. The van der Waals surface area contributed by atoms with Crippen molar-refractivity contribution in [3.63, 3.8) is 0 Å². The maximum Gasteiger partial charge on any atom is 0.178 e. The molecular weight excluding hydrogens is 360 g/mol. The Morgan fingerprint density at radius 2 is 2.07 bits per heavy atom. The van der Waals surface area contributed by atoms with Crippen molar-refractivity contribution < 1.29 is 14.6 Å². The van der Waals surface area contributed by atoms with Crippen LogP contribution in [0.2, 0.25) is 0 Å². The minimum atomic E-state index is -0.738. The predicted octanol–water partition coefficient (Wildman–Crippen LogP) is 5.66. The Balaban J connectivity index is 1.64. The van der Waals surface area contributed by atoms with Gasteiger partial charge in [0.25, 0.3) is 0 Å². The quantitative estimate of drug-likeness (QED) is 0.489. The van der Waals surface area contributed by atoms with Crippen LogP contribution in [0.1, 0.15) is 66.7 Å². The predicted molar refractivity (Wildman–Crippen MR) is 117 cm³/mol. The van der Waals surface area contributed by atoms with Gasteiger partial charge in [0.1, 0.15) is 0 Å². The first-order valence-corrected chi connectivity index (χ1v) is 11.5. The molecule has 0 radical (unpaired) electrons. The Kier molecular flexibility index (Phi) is 5.41. The molecule has 1 saturated heterocycles. The van der Waals surface area contributed by atoms with Gasteiger partial charge in [-0.3, -0.25) is 0 Å². The van der Waals surface area contributed by atoms with Gasteiger partial charge in [0.2, 0.25) is 0 Å². The Morgan fingerprint density at radius 3 is 2.76 bits per heavy atom. The molecular formula is C26H40O3. The van der Waals surface area contributed by atoms with E-state index in [1.807, 2.05) is 6.92 Å². The summed E-state index contributed by atoms with van der Waals surface area (Å²) in [5.74, 6) is 1.73. The van der Waals surface area contributed by atoms with Crippen LogP contribution >= 0.6 is 0 Å². The lowest BCUT2D eigenvalue weighted by Crippen LogP contribution is -2.40. The zero-order valence-corrected chi connectivity index (χ0v) is 19.2. The van der Waals surface area contributed by atoms with Crippen LogP contribution in [0.25, 0.3) is 0 Å². The lowest BCUT2D eigenvalue weighted by molar-refractivity contribution is -0.212. The molecule has 0 aromatic heterocycles. The van der Waals surface area contributed by atoms with E-state index < -0.39 is 11.4 Å². The third kappa shape index (κ3) is 3.47. The van der Waals surface area contributed by atoms with Gasteiger partial charge in [-0.25, -0.2) is 0 Å². The fraction of sp³-hybridized carbons (Fsp3) is 0.769. The monoisotopic (exact) mass is 400 g/mol. The molecule has 0 spiro atoms. The third-order valence-corrected chi connectivity index (χ3v) is 8.81. The summed E-state index contributed by atoms with van der Waals surface area (Å²) in [6.45, 7) is 11.8. The highest BCUT2D eigenvalue weighted by molar-refractivity contribution is 5.27. The van der Waals surface area contributed by atoms with E-state index in [2.05, 4.69) is 52.0 Å². The molecule has 0 aromatic rings. The molecule has 1 aliphatic heterocycles. The van der Waals surface area contributed by atoms with E-state index in [9.17, 15) is 5.11 Å². The van der Waals surface area contributed by atoms with E-state index in [-0.39, 0.29) is 17.3 Å². The minimum absolute atomic E-state index is 0.203. The number of ether oxygens (including phenoxy) is 2. The molecule has 1 N–H and O–H groups in total. The first-order valence-electron chi connectivity index (χ1n) is 11.5. The zero-order valence-electron chi connectivity index (χ0n) is 19.2. The number of aliphatic hydroxyl groups is 1. The molecule has 4 aliphatic rings. The molecule has 3 nitrogen and oxygen atoms in total. The van der Waals surface area contributed by atoms with Gasteiger partial charge in [-0.05, 0) is 81.1 Å². The van der Waals surface area contributed by atoms with Gasteiger partial charge in [-0.15, -0.1) is 0 Å². The van der Waals surface area contributed by atoms with E-state index in [4.69, 9.17) is 9.47 Å². The number of hydrogen-bond acceptors (Lipinski definition) is 3. The topological polar surface area (TPSA) is 38.7 Å². The van der Waals surface area contributed by atoms with E-state index in [1.165, 1.54) is 24.0 Å². The second kappa shape index (κ2) is 7.35. The van der Waals surface area contributed by atoms with Crippen molar-refractivity contribution in [3.05, 3.63) is 35.5 Å². The summed E-state index contributed by atoms with van der Waals surface area (Å²) >= 11 is 0. The third-order valence-electron chi connectivity index (χ3n) is 8.81. The van der Waals surface area contributed by atoms with Crippen molar-refractivity contribution in [2.75, 3.05) is 13.7 Å². The molecule has 29 heavy (non-hydrogen) atoms. The molecule has 3 aliphatic carbocycles. The summed E-state index contributed by atoms with van der Waals surface area (Å²) in [6.07, 6.45) is 14.6. The second-order valence-corrected chi connectivity index (χ2v) is 11.1. The van der Waals surface area contributed by atoms with Gasteiger partial charge in [0.15, 0.2) is 5.79 Å².